The normalized spacial score (nSPS) is 22.4. The quantitative estimate of drug-likeness (QED) is 0.190. The maximum atomic E-state index is 11.9. The van der Waals surface area contributed by atoms with E-state index in [2.05, 4.69) is 15.7 Å². The number of guanidine groups is 1. The van der Waals surface area contributed by atoms with Crippen LogP contribution in [-0.2, 0) is 14.3 Å². The lowest BCUT2D eigenvalue weighted by Gasteiger charge is -2.26. The average Bonchev–Trinajstić information content (AvgIpc) is 2.38. The van der Waals surface area contributed by atoms with E-state index in [1.807, 2.05) is 6.92 Å². The molecule has 8 heteroatoms. The van der Waals surface area contributed by atoms with Gasteiger partial charge in [0.25, 0.3) is 5.91 Å². The highest BCUT2D eigenvalue weighted by Gasteiger charge is 2.31. The predicted octanol–water partition coefficient (Wildman–Crippen LogP) is -1.42. The molecule has 0 bridgehead atoms. The number of aliphatic imine (C=N–C) groups is 1. The standard InChI is InChI=1S/C11H21N5O3/c1-7(6-19-3)13-11(15-12)14-8-4-5-9(17)16(2)10(8)18/h7-8H,4-6,12H2,1-3H3,(H2,13,14,15). The number of likely N-dealkylation sites (tertiary alicyclic amines) is 1. The smallest absolute Gasteiger partial charge is 0.253 e. The zero-order valence-electron chi connectivity index (χ0n) is 11.5. The highest BCUT2D eigenvalue weighted by Crippen LogP contribution is 2.14. The number of amides is 2. The molecule has 8 nitrogen and oxygen atoms in total. The van der Waals surface area contributed by atoms with Crippen molar-refractivity contribution in [2.24, 2.45) is 10.8 Å². The molecular formula is C11H21N5O3. The molecule has 1 fully saturated rings. The van der Waals surface area contributed by atoms with Gasteiger partial charge in [0.2, 0.25) is 11.9 Å². The molecule has 0 aromatic heterocycles. The fraction of sp³-hybridized carbons (Fsp3) is 0.727. The van der Waals surface area contributed by atoms with E-state index in [0.29, 0.717) is 25.4 Å². The predicted molar refractivity (Wildman–Crippen MR) is 70.0 cm³/mol. The Labute approximate surface area is 112 Å². The molecule has 0 radical (unpaired) electrons. The van der Waals surface area contributed by atoms with Crippen molar-refractivity contribution in [3.63, 3.8) is 0 Å². The highest BCUT2D eigenvalue weighted by atomic mass is 16.5. The van der Waals surface area contributed by atoms with Crippen LogP contribution in [0.5, 0.6) is 0 Å². The van der Waals surface area contributed by atoms with Crippen LogP contribution in [0.4, 0.5) is 0 Å². The van der Waals surface area contributed by atoms with E-state index in [1.54, 1.807) is 7.11 Å². The number of rotatable bonds is 4. The Morgan fingerprint density at radius 1 is 1.63 bits per heavy atom. The van der Waals surface area contributed by atoms with Gasteiger partial charge in [0.1, 0.15) is 6.04 Å². The number of nitrogens with zero attached hydrogens (tertiary/aromatic N) is 2. The van der Waals surface area contributed by atoms with Crippen LogP contribution in [0.2, 0.25) is 0 Å². The number of hydrazine groups is 1. The summed E-state index contributed by atoms with van der Waals surface area (Å²) >= 11 is 0. The van der Waals surface area contributed by atoms with Crippen LogP contribution in [0.1, 0.15) is 19.8 Å². The van der Waals surface area contributed by atoms with Crippen LogP contribution in [0.15, 0.2) is 4.99 Å². The van der Waals surface area contributed by atoms with Crippen LogP contribution >= 0.6 is 0 Å². The van der Waals surface area contributed by atoms with E-state index >= 15 is 0 Å². The van der Waals surface area contributed by atoms with Gasteiger partial charge >= 0.3 is 0 Å². The van der Waals surface area contributed by atoms with Crippen molar-refractivity contribution in [2.75, 3.05) is 20.8 Å². The van der Waals surface area contributed by atoms with E-state index in [-0.39, 0.29) is 17.9 Å². The van der Waals surface area contributed by atoms with Gasteiger partial charge in [-0.15, -0.1) is 0 Å². The monoisotopic (exact) mass is 271 g/mol. The number of carbonyl (C=O) groups excluding carboxylic acids is 2. The number of likely N-dealkylation sites (N-methyl/N-ethyl adjacent to an activating group) is 1. The maximum absolute atomic E-state index is 11.9. The van der Waals surface area contributed by atoms with Crippen molar-refractivity contribution in [2.45, 2.75) is 31.8 Å². The van der Waals surface area contributed by atoms with Crippen LogP contribution in [0, 0.1) is 0 Å². The van der Waals surface area contributed by atoms with Gasteiger partial charge in [0.05, 0.1) is 6.61 Å². The molecule has 108 valence electrons. The first-order valence-electron chi connectivity index (χ1n) is 6.09. The number of hydrogen-bond donors (Lipinski definition) is 3. The molecule has 19 heavy (non-hydrogen) atoms. The van der Waals surface area contributed by atoms with Crippen LogP contribution in [0.25, 0.3) is 0 Å². The zero-order chi connectivity index (χ0) is 14.4. The maximum Gasteiger partial charge on any atom is 0.253 e. The fourth-order valence-corrected chi connectivity index (χ4v) is 1.81. The van der Waals surface area contributed by atoms with Crippen molar-refractivity contribution in [1.29, 1.82) is 0 Å². The summed E-state index contributed by atoms with van der Waals surface area (Å²) in [6, 6.07) is -0.589. The first kappa shape index (κ1) is 15.4. The molecule has 1 aliphatic rings. The topological polar surface area (TPSA) is 109 Å². The van der Waals surface area contributed by atoms with Gasteiger partial charge in [-0.2, -0.15) is 0 Å². The van der Waals surface area contributed by atoms with E-state index < -0.39 is 6.04 Å². The second-order valence-corrected chi connectivity index (χ2v) is 4.47. The minimum Gasteiger partial charge on any atom is -0.383 e. The lowest BCUT2D eigenvalue weighted by atomic mass is 10.1. The molecule has 1 rings (SSSR count). The molecule has 2 atom stereocenters. The van der Waals surface area contributed by atoms with Crippen molar-refractivity contribution in [3.8, 4) is 0 Å². The molecule has 0 saturated carbocycles. The number of nitrogens with one attached hydrogen (secondary N) is 2. The summed E-state index contributed by atoms with van der Waals surface area (Å²) in [7, 11) is 3.05. The minimum atomic E-state index is -0.587. The number of imide groups is 1. The molecule has 1 heterocycles. The minimum absolute atomic E-state index is 0.00199. The van der Waals surface area contributed by atoms with E-state index in [9.17, 15) is 9.59 Å². The number of ether oxygens (including phenoxy) is 1. The summed E-state index contributed by atoms with van der Waals surface area (Å²) in [5.74, 6) is 5.18. The highest BCUT2D eigenvalue weighted by molar-refractivity contribution is 6.01. The number of piperidine rings is 1. The molecule has 0 spiro atoms. The Morgan fingerprint density at radius 3 is 2.89 bits per heavy atom. The Kier molecular flexibility index (Phi) is 5.71. The largest absolute Gasteiger partial charge is 0.383 e. The second kappa shape index (κ2) is 7.05. The number of carbonyl (C=O) groups is 2. The Bertz CT molecular complexity index is 371. The molecule has 1 saturated heterocycles. The van der Waals surface area contributed by atoms with E-state index in [0.717, 1.165) is 4.90 Å². The molecule has 2 unspecified atom stereocenters. The van der Waals surface area contributed by atoms with E-state index in [4.69, 9.17) is 10.6 Å². The molecule has 4 N–H and O–H groups in total. The number of hydrogen-bond acceptors (Lipinski definition) is 5. The first-order chi connectivity index (χ1) is 8.99. The van der Waals surface area contributed by atoms with Crippen molar-refractivity contribution < 1.29 is 14.3 Å². The second-order valence-electron chi connectivity index (χ2n) is 4.47. The summed E-state index contributed by atoms with van der Waals surface area (Å²) in [4.78, 5) is 28.5. The summed E-state index contributed by atoms with van der Waals surface area (Å²) in [5, 5.41) is 2.99. The van der Waals surface area contributed by atoms with Crippen LogP contribution in [0.3, 0.4) is 0 Å². The van der Waals surface area contributed by atoms with E-state index in [1.165, 1.54) is 7.05 Å². The van der Waals surface area contributed by atoms with Crippen molar-refractivity contribution >= 4 is 17.8 Å². The lowest BCUT2D eigenvalue weighted by molar-refractivity contribution is -0.147. The molecule has 1 aliphatic heterocycles. The van der Waals surface area contributed by atoms with Gasteiger partial charge < -0.3 is 10.1 Å². The zero-order valence-corrected chi connectivity index (χ0v) is 11.5. The van der Waals surface area contributed by atoms with Gasteiger partial charge in [-0.3, -0.25) is 19.9 Å². The SMILES string of the molecule is COCC(C)NC(=NC1CCC(=O)N(C)C1=O)NN. The average molecular weight is 271 g/mol. The Balaban J connectivity index is 2.69. The third-order valence-corrected chi connectivity index (χ3v) is 2.84. The first-order valence-corrected chi connectivity index (χ1v) is 6.09. The lowest BCUT2D eigenvalue weighted by Crippen LogP contribution is -2.50. The molecule has 0 aromatic carbocycles. The summed E-state index contributed by atoms with van der Waals surface area (Å²) in [6.07, 6.45) is 0.704. The Morgan fingerprint density at radius 2 is 2.32 bits per heavy atom. The summed E-state index contributed by atoms with van der Waals surface area (Å²) < 4.78 is 4.99. The molecular weight excluding hydrogens is 250 g/mol. The van der Waals surface area contributed by atoms with Gasteiger partial charge in [-0.1, -0.05) is 0 Å². The summed E-state index contributed by atoms with van der Waals surface area (Å²) in [6.45, 7) is 2.38. The molecule has 0 aliphatic carbocycles. The van der Waals surface area contributed by atoms with Crippen molar-refractivity contribution in [3.05, 3.63) is 0 Å². The van der Waals surface area contributed by atoms with Crippen molar-refractivity contribution in [1.82, 2.24) is 15.6 Å². The van der Waals surface area contributed by atoms with Crippen LogP contribution < -0.4 is 16.6 Å². The van der Waals surface area contributed by atoms with Gasteiger partial charge in [-0.25, -0.2) is 10.8 Å². The third kappa shape index (κ3) is 4.18. The Hall–Kier alpha value is -1.67. The summed E-state index contributed by atoms with van der Waals surface area (Å²) in [5.41, 5.74) is 2.41. The number of nitrogens with two attached hydrogens (primary N) is 1. The third-order valence-electron chi connectivity index (χ3n) is 2.84. The van der Waals surface area contributed by atoms with Gasteiger partial charge in [-0.05, 0) is 13.3 Å². The van der Waals surface area contributed by atoms with Crippen LogP contribution in [-0.4, -0.2) is 55.5 Å². The van der Waals surface area contributed by atoms with Gasteiger partial charge in [0.15, 0.2) is 0 Å². The molecule has 2 amide bonds. The van der Waals surface area contributed by atoms with Gasteiger partial charge in [0, 0.05) is 26.6 Å². The molecule has 0 aromatic rings. The fourth-order valence-electron chi connectivity index (χ4n) is 1.81. The number of methoxy groups -OCH3 is 1.